The molecule has 0 aromatic heterocycles. The van der Waals surface area contributed by atoms with Crippen LogP contribution in [-0.2, 0) is 16.0 Å². The summed E-state index contributed by atoms with van der Waals surface area (Å²) in [5.74, 6) is 1.23. The first-order chi connectivity index (χ1) is 15.1. The van der Waals surface area contributed by atoms with Gasteiger partial charge in [-0.05, 0) is 30.3 Å². The van der Waals surface area contributed by atoms with Crippen molar-refractivity contribution in [2.45, 2.75) is 6.42 Å². The van der Waals surface area contributed by atoms with Gasteiger partial charge in [0.15, 0.2) is 6.61 Å². The Bertz CT molecular complexity index is 1040. The molecule has 160 valence electrons. The van der Waals surface area contributed by atoms with Crippen molar-refractivity contribution in [3.05, 3.63) is 78.4 Å². The minimum Gasteiger partial charge on any atom is -0.497 e. The Morgan fingerprint density at radius 2 is 1.48 bits per heavy atom. The summed E-state index contributed by atoms with van der Waals surface area (Å²) < 4.78 is 16.1. The van der Waals surface area contributed by atoms with Crippen LogP contribution in [0.15, 0.2) is 72.8 Å². The van der Waals surface area contributed by atoms with Gasteiger partial charge in [0.05, 0.1) is 20.6 Å². The lowest BCUT2D eigenvalue weighted by molar-refractivity contribution is -0.118. The average molecular weight is 420 g/mol. The first-order valence-electron chi connectivity index (χ1n) is 9.66. The van der Waals surface area contributed by atoms with Gasteiger partial charge in [0, 0.05) is 29.1 Å². The van der Waals surface area contributed by atoms with Gasteiger partial charge in [-0.25, -0.2) is 0 Å². The standard InChI is InChI=1S/C24H24N2O5/c1-29-20-12-11-17(22(15-20)30-2)13-23(27)26-19-9-6-10-21(14-19)31-16-24(28)25-18-7-4-3-5-8-18/h3-12,14-15H,13,16H2,1-2H3,(H,25,28)(H,26,27). The van der Waals surface area contributed by atoms with Gasteiger partial charge in [-0.2, -0.15) is 0 Å². The maximum atomic E-state index is 12.5. The summed E-state index contributed by atoms with van der Waals surface area (Å²) in [6, 6.07) is 21.3. The van der Waals surface area contributed by atoms with E-state index in [2.05, 4.69) is 10.6 Å². The molecule has 0 spiro atoms. The third kappa shape index (κ3) is 6.50. The Labute approximate surface area is 180 Å². The van der Waals surface area contributed by atoms with Gasteiger partial charge in [-0.15, -0.1) is 0 Å². The van der Waals surface area contributed by atoms with E-state index in [1.54, 1.807) is 68.8 Å². The number of ether oxygens (including phenoxy) is 3. The van der Waals surface area contributed by atoms with Crippen LogP contribution >= 0.6 is 0 Å². The number of carbonyl (C=O) groups is 2. The van der Waals surface area contributed by atoms with Crippen LogP contribution in [0.4, 0.5) is 11.4 Å². The molecular weight excluding hydrogens is 396 g/mol. The van der Waals surface area contributed by atoms with E-state index >= 15 is 0 Å². The van der Waals surface area contributed by atoms with Gasteiger partial charge < -0.3 is 24.8 Å². The Morgan fingerprint density at radius 3 is 2.23 bits per heavy atom. The maximum Gasteiger partial charge on any atom is 0.262 e. The number of amides is 2. The highest BCUT2D eigenvalue weighted by atomic mass is 16.5. The van der Waals surface area contributed by atoms with Crippen molar-refractivity contribution in [2.75, 3.05) is 31.5 Å². The molecule has 31 heavy (non-hydrogen) atoms. The number of nitrogens with one attached hydrogen (secondary N) is 2. The Hall–Kier alpha value is -4.00. The van der Waals surface area contributed by atoms with Crippen LogP contribution in [0.2, 0.25) is 0 Å². The van der Waals surface area contributed by atoms with Crippen molar-refractivity contribution in [1.82, 2.24) is 0 Å². The minimum absolute atomic E-state index is 0.137. The van der Waals surface area contributed by atoms with Gasteiger partial charge >= 0.3 is 0 Å². The predicted octanol–water partition coefficient (Wildman–Crippen LogP) is 3.90. The van der Waals surface area contributed by atoms with Crippen molar-refractivity contribution in [2.24, 2.45) is 0 Å². The molecule has 0 bridgehead atoms. The fraction of sp³-hybridized carbons (Fsp3) is 0.167. The Kier molecular flexibility index (Phi) is 7.48. The van der Waals surface area contributed by atoms with Crippen LogP contribution in [0.25, 0.3) is 0 Å². The van der Waals surface area contributed by atoms with Crippen LogP contribution in [0.1, 0.15) is 5.56 Å². The monoisotopic (exact) mass is 420 g/mol. The molecule has 7 nitrogen and oxygen atoms in total. The maximum absolute atomic E-state index is 12.5. The van der Waals surface area contributed by atoms with E-state index in [4.69, 9.17) is 14.2 Å². The molecule has 0 saturated heterocycles. The number of benzene rings is 3. The van der Waals surface area contributed by atoms with Crippen molar-refractivity contribution < 1.29 is 23.8 Å². The molecule has 0 aliphatic rings. The molecule has 0 fully saturated rings. The summed E-state index contributed by atoms with van der Waals surface area (Å²) in [5.41, 5.74) is 2.01. The third-order valence-electron chi connectivity index (χ3n) is 4.39. The summed E-state index contributed by atoms with van der Waals surface area (Å²) in [6.45, 7) is -0.144. The normalized spacial score (nSPS) is 10.1. The zero-order valence-electron chi connectivity index (χ0n) is 17.4. The summed E-state index contributed by atoms with van der Waals surface area (Å²) in [5, 5.41) is 5.58. The van der Waals surface area contributed by atoms with Crippen molar-refractivity contribution in [3.63, 3.8) is 0 Å². The number of hydrogen-bond donors (Lipinski definition) is 2. The van der Waals surface area contributed by atoms with Gasteiger partial charge in [-0.1, -0.05) is 30.3 Å². The highest BCUT2D eigenvalue weighted by Crippen LogP contribution is 2.25. The van der Waals surface area contributed by atoms with E-state index in [1.165, 1.54) is 0 Å². The third-order valence-corrected chi connectivity index (χ3v) is 4.39. The van der Waals surface area contributed by atoms with E-state index in [-0.39, 0.29) is 24.8 Å². The fourth-order valence-electron chi connectivity index (χ4n) is 2.91. The first-order valence-corrected chi connectivity index (χ1v) is 9.66. The van der Waals surface area contributed by atoms with Gasteiger partial charge in [0.1, 0.15) is 17.2 Å². The number of hydrogen-bond acceptors (Lipinski definition) is 5. The van der Waals surface area contributed by atoms with Crippen LogP contribution in [0.3, 0.4) is 0 Å². The predicted molar refractivity (Wildman–Crippen MR) is 119 cm³/mol. The van der Waals surface area contributed by atoms with Gasteiger partial charge in [-0.3, -0.25) is 9.59 Å². The summed E-state index contributed by atoms with van der Waals surface area (Å²) >= 11 is 0. The number of anilines is 2. The first kappa shape index (κ1) is 21.7. The van der Waals surface area contributed by atoms with E-state index in [0.29, 0.717) is 28.6 Å². The van der Waals surface area contributed by atoms with E-state index in [1.807, 2.05) is 18.2 Å². The van der Waals surface area contributed by atoms with Crippen molar-refractivity contribution in [1.29, 1.82) is 0 Å². The highest BCUT2D eigenvalue weighted by molar-refractivity contribution is 5.93. The number of methoxy groups -OCH3 is 2. The van der Waals surface area contributed by atoms with E-state index in [9.17, 15) is 9.59 Å². The fourth-order valence-corrected chi connectivity index (χ4v) is 2.91. The number of rotatable bonds is 9. The second kappa shape index (κ2) is 10.7. The zero-order chi connectivity index (χ0) is 22.1. The Balaban J connectivity index is 1.55. The van der Waals surface area contributed by atoms with Gasteiger partial charge in [0.2, 0.25) is 5.91 Å². The molecule has 7 heteroatoms. The SMILES string of the molecule is COc1ccc(CC(=O)Nc2cccc(OCC(=O)Nc3ccccc3)c2)c(OC)c1. The summed E-state index contributed by atoms with van der Waals surface area (Å²) in [6.07, 6.45) is 0.137. The van der Waals surface area contributed by atoms with Gasteiger partial charge in [0.25, 0.3) is 5.91 Å². The lowest BCUT2D eigenvalue weighted by atomic mass is 10.1. The summed E-state index contributed by atoms with van der Waals surface area (Å²) in [4.78, 5) is 24.5. The van der Waals surface area contributed by atoms with Crippen LogP contribution in [-0.4, -0.2) is 32.6 Å². The number of carbonyl (C=O) groups excluding carboxylic acids is 2. The summed E-state index contributed by atoms with van der Waals surface area (Å²) in [7, 11) is 3.12. The molecule has 0 radical (unpaired) electrons. The quantitative estimate of drug-likeness (QED) is 0.548. The molecule has 3 aromatic rings. The highest BCUT2D eigenvalue weighted by Gasteiger charge is 2.11. The molecular formula is C24H24N2O5. The average Bonchev–Trinajstić information content (AvgIpc) is 2.79. The lowest BCUT2D eigenvalue weighted by Crippen LogP contribution is -2.20. The largest absolute Gasteiger partial charge is 0.497 e. The molecule has 0 atom stereocenters. The van der Waals surface area contributed by atoms with E-state index < -0.39 is 0 Å². The van der Waals surface area contributed by atoms with Crippen LogP contribution < -0.4 is 24.8 Å². The molecule has 0 unspecified atom stereocenters. The zero-order valence-corrected chi connectivity index (χ0v) is 17.4. The molecule has 0 aliphatic heterocycles. The molecule has 3 aromatic carbocycles. The van der Waals surface area contributed by atoms with Crippen LogP contribution in [0, 0.1) is 0 Å². The minimum atomic E-state index is -0.271. The van der Waals surface area contributed by atoms with Crippen molar-refractivity contribution >= 4 is 23.2 Å². The second-order valence-electron chi connectivity index (χ2n) is 6.63. The Morgan fingerprint density at radius 1 is 0.742 bits per heavy atom. The smallest absolute Gasteiger partial charge is 0.262 e. The molecule has 0 aliphatic carbocycles. The van der Waals surface area contributed by atoms with Crippen molar-refractivity contribution in [3.8, 4) is 17.2 Å². The lowest BCUT2D eigenvalue weighted by Gasteiger charge is -2.12. The molecule has 2 N–H and O–H groups in total. The molecule has 2 amide bonds. The number of para-hydroxylation sites is 1. The molecule has 0 heterocycles. The molecule has 3 rings (SSSR count). The van der Waals surface area contributed by atoms with E-state index in [0.717, 1.165) is 5.56 Å². The topological polar surface area (TPSA) is 85.9 Å². The second-order valence-corrected chi connectivity index (χ2v) is 6.63. The molecule has 0 saturated carbocycles. The van der Waals surface area contributed by atoms with Crippen LogP contribution in [0.5, 0.6) is 17.2 Å².